The molecule has 116 valence electrons. The number of rotatable bonds is 4. The van der Waals surface area contributed by atoms with Gasteiger partial charge in [-0.2, -0.15) is 0 Å². The first kappa shape index (κ1) is 16.7. The minimum Gasteiger partial charge on any atom is -0.480 e. The highest BCUT2D eigenvalue weighted by Crippen LogP contribution is 2.25. The topological polar surface area (TPSA) is 38.3 Å². The normalized spacial score (nSPS) is 11.9. The summed E-state index contributed by atoms with van der Waals surface area (Å²) in [5.41, 5.74) is 2.52. The van der Waals surface area contributed by atoms with Crippen LogP contribution in [0.4, 0.5) is 5.69 Å². The third kappa shape index (κ3) is 4.15. The van der Waals surface area contributed by atoms with Gasteiger partial charge < -0.3 is 10.1 Å². The van der Waals surface area contributed by atoms with E-state index in [2.05, 4.69) is 5.32 Å². The number of nitrogens with one attached hydrogen (secondary N) is 1. The van der Waals surface area contributed by atoms with Crippen LogP contribution in [0.3, 0.4) is 0 Å². The molecular formula is C17H17Cl2NO2. The fraction of sp³-hybridized carbons (Fsp3) is 0.235. The number of aryl methyl sites for hydroxylation is 2. The van der Waals surface area contributed by atoms with Crippen LogP contribution >= 0.6 is 23.2 Å². The number of ether oxygens (including phenoxy) is 1. The average molecular weight is 338 g/mol. The standard InChI is InChI=1S/C17H17Cl2NO2/c1-10-5-4-6-11(2)16(10)22-12(3)17(21)20-15-8-13(18)7-14(19)9-15/h4-9,12H,1-3H3,(H,20,21). The van der Waals surface area contributed by atoms with Crippen LogP contribution in [0.15, 0.2) is 36.4 Å². The molecule has 22 heavy (non-hydrogen) atoms. The van der Waals surface area contributed by atoms with Crippen LogP contribution < -0.4 is 10.1 Å². The first-order valence-electron chi connectivity index (χ1n) is 6.86. The summed E-state index contributed by atoms with van der Waals surface area (Å²) >= 11 is 11.8. The zero-order chi connectivity index (χ0) is 16.3. The Hall–Kier alpha value is -1.71. The van der Waals surface area contributed by atoms with E-state index in [0.717, 1.165) is 16.9 Å². The van der Waals surface area contributed by atoms with Crippen molar-refractivity contribution in [2.75, 3.05) is 5.32 Å². The van der Waals surface area contributed by atoms with Crippen LogP contribution in [0.1, 0.15) is 18.1 Å². The molecule has 0 spiro atoms. The SMILES string of the molecule is Cc1cccc(C)c1OC(C)C(=O)Nc1cc(Cl)cc(Cl)c1. The van der Waals surface area contributed by atoms with Crippen molar-refractivity contribution in [1.82, 2.24) is 0 Å². The fourth-order valence-corrected chi connectivity index (χ4v) is 2.61. The van der Waals surface area contributed by atoms with Crippen LogP contribution in [0, 0.1) is 13.8 Å². The smallest absolute Gasteiger partial charge is 0.265 e. The number of carbonyl (C=O) groups is 1. The molecule has 0 aromatic heterocycles. The van der Waals surface area contributed by atoms with E-state index in [1.807, 2.05) is 32.0 Å². The molecule has 0 heterocycles. The van der Waals surface area contributed by atoms with Gasteiger partial charge >= 0.3 is 0 Å². The van der Waals surface area contributed by atoms with E-state index in [0.29, 0.717) is 15.7 Å². The zero-order valence-electron chi connectivity index (χ0n) is 12.6. The fourth-order valence-electron chi connectivity index (χ4n) is 2.09. The van der Waals surface area contributed by atoms with E-state index in [9.17, 15) is 4.79 Å². The number of benzene rings is 2. The van der Waals surface area contributed by atoms with Gasteiger partial charge in [0.25, 0.3) is 5.91 Å². The van der Waals surface area contributed by atoms with E-state index in [-0.39, 0.29) is 5.91 Å². The summed E-state index contributed by atoms with van der Waals surface area (Å²) in [6, 6.07) is 10.7. The molecule has 0 radical (unpaired) electrons. The van der Waals surface area contributed by atoms with E-state index in [1.165, 1.54) is 0 Å². The van der Waals surface area contributed by atoms with Gasteiger partial charge in [0.1, 0.15) is 5.75 Å². The molecule has 0 aliphatic rings. The van der Waals surface area contributed by atoms with Crippen LogP contribution in [-0.2, 0) is 4.79 Å². The Bertz CT molecular complexity index is 661. The molecule has 0 aliphatic carbocycles. The van der Waals surface area contributed by atoms with Crippen molar-refractivity contribution in [2.24, 2.45) is 0 Å². The van der Waals surface area contributed by atoms with Gasteiger partial charge in [0.15, 0.2) is 6.10 Å². The van der Waals surface area contributed by atoms with Crippen molar-refractivity contribution in [3.8, 4) is 5.75 Å². The minimum absolute atomic E-state index is 0.263. The Morgan fingerprint density at radius 3 is 2.18 bits per heavy atom. The molecule has 2 aromatic carbocycles. The lowest BCUT2D eigenvalue weighted by Gasteiger charge is -2.18. The summed E-state index contributed by atoms with van der Waals surface area (Å²) < 4.78 is 5.79. The predicted molar refractivity (Wildman–Crippen MR) is 91.1 cm³/mol. The largest absolute Gasteiger partial charge is 0.480 e. The van der Waals surface area contributed by atoms with Crippen molar-refractivity contribution in [3.05, 3.63) is 57.6 Å². The second-order valence-corrected chi connectivity index (χ2v) is 6.00. The number of carbonyl (C=O) groups excluding carboxylic acids is 1. The summed E-state index contributed by atoms with van der Waals surface area (Å²) in [7, 11) is 0. The molecule has 0 saturated heterocycles. The Morgan fingerprint density at radius 2 is 1.64 bits per heavy atom. The maximum absolute atomic E-state index is 12.2. The molecule has 0 saturated carbocycles. The summed E-state index contributed by atoms with van der Waals surface area (Å²) in [6.45, 7) is 5.60. The number of para-hydroxylation sites is 1. The van der Waals surface area contributed by atoms with Gasteiger partial charge in [-0.3, -0.25) is 4.79 Å². The molecule has 5 heteroatoms. The lowest BCUT2D eigenvalue weighted by atomic mass is 10.1. The van der Waals surface area contributed by atoms with Crippen LogP contribution in [0.25, 0.3) is 0 Å². The van der Waals surface area contributed by atoms with Gasteiger partial charge in [0.2, 0.25) is 0 Å². The van der Waals surface area contributed by atoms with Crippen molar-refractivity contribution >= 4 is 34.8 Å². The third-order valence-electron chi connectivity index (χ3n) is 3.20. The third-order valence-corrected chi connectivity index (χ3v) is 3.64. The highest BCUT2D eigenvalue weighted by molar-refractivity contribution is 6.35. The molecule has 2 rings (SSSR count). The molecule has 0 fully saturated rings. The quantitative estimate of drug-likeness (QED) is 0.850. The van der Waals surface area contributed by atoms with Gasteiger partial charge in [-0.25, -0.2) is 0 Å². The lowest BCUT2D eigenvalue weighted by Crippen LogP contribution is -2.30. The van der Waals surface area contributed by atoms with E-state index >= 15 is 0 Å². The zero-order valence-corrected chi connectivity index (χ0v) is 14.1. The lowest BCUT2D eigenvalue weighted by molar-refractivity contribution is -0.122. The highest BCUT2D eigenvalue weighted by atomic mass is 35.5. The predicted octanol–water partition coefficient (Wildman–Crippen LogP) is 5.02. The summed E-state index contributed by atoms with van der Waals surface area (Å²) in [4.78, 5) is 12.2. The van der Waals surface area contributed by atoms with E-state index in [1.54, 1.807) is 25.1 Å². The van der Waals surface area contributed by atoms with Gasteiger partial charge in [0, 0.05) is 15.7 Å². The van der Waals surface area contributed by atoms with E-state index in [4.69, 9.17) is 27.9 Å². The second-order valence-electron chi connectivity index (χ2n) is 5.13. The van der Waals surface area contributed by atoms with Crippen molar-refractivity contribution < 1.29 is 9.53 Å². The van der Waals surface area contributed by atoms with E-state index < -0.39 is 6.10 Å². The molecule has 1 unspecified atom stereocenters. The Kier molecular flexibility index (Phi) is 5.33. The number of hydrogen-bond donors (Lipinski definition) is 1. The Balaban J connectivity index is 2.09. The molecule has 3 nitrogen and oxygen atoms in total. The maximum Gasteiger partial charge on any atom is 0.265 e. The minimum atomic E-state index is -0.641. The van der Waals surface area contributed by atoms with Gasteiger partial charge in [0.05, 0.1) is 0 Å². The average Bonchev–Trinajstić information content (AvgIpc) is 2.41. The monoisotopic (exact) mass is 337 g/mol. The molecule has 0 bridgehead atoms. The van der Waals surface area contributed by atoms with Crippen molar-refractivity contribution in [1.29, 1.82) is 0 Å². The van der Waals surface area contributed by atoms with Crippen molar-refractivity contribution in [3.63, 3.8) is 0 Å². The summed E-state index contributed by atoms with van der Waals surface area (Å²) in [5.74, 6) is 0.468. The molecule has 1 N–H and O–H groups in total. The number of amides is 1. The van der Waals surface area contributed by atoms with Crippen molar-refractivity contribution in [2.45, 2.75) is 26.9 Å². The second kappa shape index (κ2) is 7.03. The molecule has 1 amide bonds. The Labute approximate surface area is 140 Å². The molecule has 1 atom stereocenters. The van der Waals surface area contributed by atoms with Gasteiger partial charge in [-0.15, -0.1) is 0 Å². The first-order chi connectivity index (χ1) is 10.4. The number of hydrogen-bond acceptors (Lipinski definition) is 2. The number of anilines is 1. The van der Waals surface area contributed by atoms with Crippen LogP contribution in [0.5, 0.6) is 5.75 Å². The number of halogens is 2. The highest BCUT2D eigenvalue weighted by Gasteiger charge is 2.17. The molecule has 2 aromatic rings. The van der Waals surface area contributed by atoms with Crippen LogP contribution in [0.2, 0.25) is 10.0 Å². The van der Waals surface area contributed by atoms with Gasteiger partial charge in [-0.1, -0.05) is 41.4 Å². The molecule has 0 aliphatic heterocycles. The molecular weight excluding hydrogens is 321 g/mol. The summed E-state index contributed by atoms with van der Waals surface area (Å²) in [5, 5.41) is 3.68. The van der Waals surface area contributed by atoms with Crippen LogP contribution in [-0.4, -0.2) is 12.0 Å². The summed E-state index contributed by atoms with van der Waals surface area (Å²) in [6.07, 6.45) is -0.641. The first-order valence-corrected chi connectivity index (χ1v) is 7.62. The van der Waals surface area contributed by atoms with Gasteiger partial charge in [-0.05, 0) is 50.1 Å². The maximum atomic E-state index is 12.2. The Morgan fingerprint density at radius 1 is 1.09 bits per heavy atom.